The second-order valence-corrected chi connectivity index (χ2v) is 20.7. The number of hydrogen-bond acceptors (Lipinski definition) is 4. The summed E-state index contributed by atoms with van der Waals surface area (Å²) in [6.07, 6.45) is 0. The van der Waals surface area contributed by atoms with Crippen LogP contribution in [0.1, 0.15) is 52.7 Å². The molecule has 1 aliphatic heterocycles. The fourth-order valence-electron chi connectivity index (χ4n) is 9.39. The van der Waals surface area contributed by atoms with Gasteiger partial charge in [-0.2, -0.15) is 0 Å². The van der Waals surface area contributed by atoms with Gasteiger partial charge in [0.25, 0.3) is 0 Å². The molecule has 0 atom stereocenters. The van der Waals surface area contributed by atoms with Crippen molar-refractivity contribution in [2.75, 3.05) is 10.2 Å². The van der Waals surface area contributed by atoms with E-state index in [1.54, 1.807) is 0 Å². The van der Waals surface area contributed by atoms with Gasteiger partial charge < -0.3 is 10.2 Å². The van der Waals surface area contributed by atoms with E-state index in [1.807, 2.05) is 22.7 Å². The largest absolute Gasteiger partial charge is 0.355 e. The molecule has 0 unspecified atom stereocenters. The number of hydrogen-bond donors (Lipinski definition) is 1. The molecular formula is C56H47BN2S2. The highest BCUT2D eigenvalue weighted by molar-refractivity contribution is 7.26. The van der Waals surface area contributed by atoms with Crippen LogP contribution in [0.3, 0.4) is 0 Å². The SMILES string of the molecule is CC(C)(C)c1ccc(Nc2ccc3c(sc4ccccc43)c2-c2cc3ccccc3c3c2Bc2c(sc4ccccc24)N3c2ccc(C(C)(C)C)cc2-c2ccccc2)cc1. The molecule has 0 spiro atoms. The normalized spacial score (nSPS) is 12.9. The van der Waals surface area contributed by atoms with E-state index in [-0.39, 0.29) is 10.8 Å². The Labute approximate surface area is 367 Å². The molecule has 0 amide bonds. The number of anilines is 5. The van der Waals surface area contributed by atoms with Gasteiger partial charge in [0.15, 0.2) is 0 Å². The maximum absolute atomic E-state index is 3.97. The van der Waals surface area contributed by atoms with Crippen molar-refractivity contribution in [1.82, 2.24) is 0 Å². The topological polar surface area (TPSA) is 15.3 Å². The van der Waals surface area contributed by atoms with Crippen LogP contribution in [0.5, 0.6) is 0 Å². The third kappa shape index (κ3) is 6.37. The molecule has 0 saturated carbocycles. The van der Waals surface area contributed by atoms with Gasteiger partial charge in [0.05, 0.1) is 10.7 Å². The predicted octanol–water partition coefficient (Wildman–Crippen LogP) is 15.3. The van der Waals surface area contributed by atoms with E-state index in [4.69, 9.17) is 0 Å². The van der Waals surface area contributed by atoms with Crippen LogP contribution >= 0.6 is 22.7 Å². The van der Waals surface area contributed by atoms with Crippen molar-refractivity contribution >= 4 is 110 Å². The van der Waals surface area contributed by atoms with E-state index in [9.17, 15) is 0 Å². The Morgan fingerprint density at radius 3 is 1.89 bits per heavy atom. The van der Waals surface area contributed by atoms with Crippen molar-refractivity contribution in [2.24, 2.45) is 0 Å². The molecule has 10 aromatic rings. The molecule has 1 aliphatic rings. The lowest BCUT2D eigenvalue weighted by atomic mass is 9.58. The van der Waals surface area contributed by atoms with Gasteiger partial charge in [-0.1, -0.05) is 157 Å². The predicted molar refractivity (Wildman–Crippen MR) is 271 cm³/mol. The van der Waals surface area contributed by atoms with Crippen LogP contribution in [-0.4, -0.2) is 7.28 Å². The van der Waals surface area contributed by atoms with Gasteiger partial charge in [0, 0.05) is 58.4 Å². The molecule has 0 bridgehead atoms. The molecule has 0 saturated heterocycles. The lowest BCUT2D eigenvalue weighted by Gasteiger charge is -2.36. The summed E-state index contributed by atoms with van der Waals surface area (Å²) in [4.78, 5) is 2.64. The number of nitrogens with one attached hydrogen (secondary N) is 1. The van der Waals surface area contributed by atoms with E-state index < -0.39 is 0 Å². The first kappa shape index (κ1) is 37.8. The zero-order chi connectivity index (χ0) is 41.6. The summed E-state index contributed by atoms with van der Waals surface area (Å²) < 4.78 is 3.93. The van der Waals surface area contributed by atoms with E-state index >= 15 is 0 Å². The summed E-state index contributed by atoms with van der Waals surface area (Å²) in [5.41, 5.74) is 15.1. The zero-order valence-corrected chi connectivity index (χ0v) is 37.2. The van der Waals surface area contributed by atoms with Crippen LogP contribution in [-0.2, 0) is 10.8 Å². The Morgan fingerprint density at radius 1 is 0.508 bits per heavy atom. The van der Waals surface area contributed by atoms with Crippen molar-refractivity contribution in [3.63, 3.8) is 0 Å². The van der Waals surface area contributed by atoms with E-state index in [2.05, 4.69) is 216 Å². The van der Waals surface area contributed by atoms with Gasteiger partial charge in [0.2, 0.25) is 7.28 Å². The second kappa shape index (κ2) is 14.2. The highest BCUT2D eigenvalue weighted by Gasteiger charge is 2.35. The molecule has 0 radical (unpaired) electrons. The lowest BCUT2D eigenvalue weighted by molar-refractivity contribution is 0.590. The van der Waals surface area contributed by atoms with Gasteiger partial charge in [-0.05, 0) is 103 Å². The third-order valence-corrected chi connectivity index (χ3v) is 15.0. The first-order valence-electron chi connectivity index (χ1n) is 21.4. The number of rotatable bonds is 5. The van der Waals surface area contributed by atoms with E-state index in [1.165, 1.54) is 102 Å². The fourth-order valence-corrected chi connectivity index (χ4v) is 11.9. The van der Waals surface area contributed by atoms with Crippen molar-refractivity contribution in [3.8, 4) is 22.3 Å². The van der Waals surface area contributed by atoms with Gasteiger partial charge in [-0.3, -0.25) is 0 Å². The summed E-state index contributed by atoms with van der Waals surface area (Å²) in [6.45, 7) is 13.8. The smallest absolute Gasteiger partial charge is 0.200 e. The monoisotopic (exact) mass is 822 g/mol. The minimum atomic E-state index is -0.0100. The van der Waals surface area contributed by atoms with Gasteiger partial charge in [0.1, 0.15) is 0 Å². The Morgan fingerprint density at radius 2 is 1.15 bits per heavy atom. The van der Waals surface area contributed by atoms with Crippen LogP contribution in [0, 0.1) is 0 Å². The minimum absolute atomic E-state index is 0.0100. The van der Waals surface area contributed by atoms with Gasteiger partial charge >= 0.3 is 0 Å². The van der Waals surface area contributed by atoms with Gasteiger partial charge in [-0.25, -0.2) is 0 Å². The van der Waals surface area contributed by atoms with Crippen LogP contribution in [0.25, 0.3) is 63.3 Å². The minimum Gasteiger partial charge on any atom is -0.355 e. The molecule has 3 heterocycles. The fraction of sp³-hybridized carbons (Fsp3) is 0.143. The molecular weight excluding hydrogens is 776 g/mol. The van der Waals surface area contributed by atoms with E-state index in [0.29, 0.717) is 0 Å². The molecule has 2 aromatic heterocycles. The Kier molecular flexibility index (Phi) is 8.82. The third-order valence-electron chi connectivity index (χ3n) is 12.6. The van der Waals surface area contributed by atoms with E-state index in [0.717, 1.165) is 18.7 Å². The highest BCUT2D eigenvalue weighted by Crippen LogP contribution is 2.51. The number of fused-ring (bicyclic) bond motifs is 9. The Bertz CT molecular complexity index is 3330. The maximum atomic E-state index is 3.97. The summed E-state index contributed by atoms with van der Waals surface area (Å²) in [5, 5.41) is 11.7. The first-order chi connectivity index (χ1) is 29.5. The van der Waals surface area contributed by atoms with Crippen LogP contribution in [0.4, 0.5) is 27.8 Å². The molecule has 11 rings (SSSR count). The molecule has 1 N–H and O–H groups in total. The lowest BCUT2D eigenvalue weighted by Crippen LogP contribution is -2.40. The standard InChI is InChI=1S/C56H47BN2S2/c1-55(2,3)36-24-27-38(28-25-36)58-45-30-29-41-40-20-12-14-22-47(40)60-53(41)49(45)44-32-35-18-10-11-19-39(35)52-50(44)57-51-42-21-13-15-23-48(42)61-54(51)59(52)46-31-26-37(56(4,5)6)33-43(46)34-16-8-7-9-17-34/h7-33,57-58H,1-6H3. The van der Waals surface area contributed by atoms with Crippen molar-refractivity contribution in [3.05, 3.63) is 175 Å². The summed E-state index contributed by atoms with van der Waals surface area (Å²) in [6, 6.07) is 61.3. The number of benzene rings is 8. The van der Waals surface area contributed by atoms with Crippen molar-refractivity contribution < 1.29 is 0 Å². The maximum Gasteiger partial charge on any atom is 0.200 e. The summed E-state index contributed by atoms with van der Waals surface area (Å²) in [7, 11) is 0.826. The van der Waals surface area contributed by atoms with Gasteiger partial charge in [-0.15, -0.1) is 22.7 Å². The van der Waals surface area contributed by atoms with Crippen LogP contribution in [0.15, 0.2) is 164 Å². The Balaban J connectivity index is 1.24. The number of thiophene rings is 2. The van der Waals surface area contributed by atoms with Crippen LogP contribution in [0.2, 0.25) is 0 Å². The molecule has 0 aliphatic carbocycles. The first-order valence-corrected chi connectivity index (χ1v) is 23.0. The number of nitrogens with zero attached hydrogens (tertiary/aromatic N) is 1. The second-order valence-electron chi connectivity index (χ2n) is 18.6. The molecule has 5 heteroatoms. The molecule has 2 nitrogen and oxygen atoms in total. The average Bonchev–Trinajstić information content (AvgIpc) is 3.83. The summed E-state index contributed by atoms with van der Waals surface area (Å²) >= 11 is 3.83. The summed E-state index contributed by atoms with van der Waals surface area (Å²) in [5.74, 6) is 0. The van der Waals surface area contributed by atoms with Crippen molar-refractivity contribution in [1.29, 1.82) is 0 Å². The van der Waals surface area contributed by atoms with Crippen LogP contribution < -0.4 is 21.1 Å². The average molecular weight is 823 g/mol. The molecule has 61 heavy (non-hydrogen) atoms. The molecule has 0 fully saturated rings. The van der Waals surface area contributed by atoms with Crippen molar-refractivity contribution in [2.45, 2.75) is 52.4 Å². The Hall–Kier alpha value is -6.14. The molecule has 296 valence electrons. The zero-order valence-electron chi connectivity index (χ0n) is 35.6. The highest BCUT2D eigenvalue weighted by atomic mass is 32.1. The quantitative estimate of drug-likeness (QED) is 0.174. The molecule has 8 aromatic carbocycles.